The van der Waals surface area contributed by atoms with Gasteiger partial charge in [-0.1, -0.05) is 20.8 Å². The van der Waals surface area contributed by atoms with Crippen molar-refractivity contribution in [3.05, 3.63) is 0 Å². The average molecular weight is 272 g/mol. The Morgan fingerprint density at radius 2 is 1.63 bits per heavy atom. The van der Waals surface area contributed by atoms with Crippen molar-refractivity contribution in [2.24, 2.45) is 11.8 Å². The van der Waals surface area contributed by atoms with Gasteiger partial charge in [-0.3, -0.25) is 4.79 Å². The van der Waals surface area contributed by atoms with E-state index in [9.17, 15) is 9.59 Å². The minimum atomic E-state index is -0.761. The molecule has 0 aromatic carbocycles. The maximum absolute atomic E-state index is 11.4. The van der Waals surface area contributed by atoms with Crippen LogP contribution in [0.15, 0.2) is 0 Å². The van der Waals surface area contributed by atoms with E-state index in [1.807, 2.05) is 6.92 Å². The average Bonchev–Trinajstić information content (AvgIpc) is 2.32. The predicted molar refractivity (Wildman–Crippen MR) is 76.1 cm³/mol. The highest BCUT2D eigenvalue weighted by Gasteiger charge is 2.06. The highest BCUT2D eigenvalue weighted by Crippen LogP contribution is 2.09. The fourth-order valence-electron chi connectivity index (χ4n) is 1.72. The molecule has 3 N–H and O–H groups in total. The Kier molecular flexibility index (Phi) is 9.94. The van der Waals surface area contributed by atoms with Crippen LogP contribution in [-0.4, -0.2) is 30.2 Å². The minimum Gasteiger partial charge on any atom is -0.481 e. The van der Waals surface area contributed by atoms with Gasteiger partial charge in [0.1, 0.15) is 0 Å². The van der Waals surface area contributed by atoms with Gasteiger partial charge in [-0.2, -0.15) is 0 Å². The van der Waals surface area contributed by atoms with Crippen LogP contribution >= 0.6 is 0 Å². The molecule has 0 aliphatic carbocycles. The third kappa shape index (κ3) is 13.0. The number of aliphatic carboxylic acids is 1. The molecule has 0 rings (SSSR count). The summed E-state index contributed by atoms with van der Waals surface area (Å²) in [5.41, 5.74) is 0. The quantitative estimate of drug-likeness (QED) is 0.535. The van der Waals surface area contributed by atoms with Crippen LogP contribution in [0.25, 0.3) is 0 Å². The third-order valence-corrected chi connectivity index (χ3v) is 3.02. The van der Waals surface area contributed by atoms with Crippen molar-refractivity contribution in [2.45, 2.75) is 52.9 Å². The van der Waals surface area contributed by atoms with Gasteiger partial charge in [0.05, 0.1) is 0 Å². The molecule has 5 nitrogen and oxygen atoms in total. The molecule has 5 heteroatoms. The molecule has 0 heterocycles. The first-order chi connectivity index (χ1) is 8.91. The molecule has 0 saturated carbocycles. The van der Waals surface area contributed by atoms with Gasteiger partial charge >= 0.3 is 12.0 Å². The number of hydrogen-bond acceptors (Lipinski definition) is 2. The molecule has 0 fully saturated rings. The Balaban J connectivity index is 3.44. The molecule has 1 atom stereocenters. The molecule has 112 valence electrons. The van der Waals surface area contributed by atoms with Crippen molar-refractivity contribution in [2.75, 3.05) is 13.1 Å². The summed E-state index contributed by atoms with van der Waals surface area (Å²) < 4.78 is 0. The van der Waals surface area contributed by atoms with E-state index >= 15 is 0 Å². The van der Waals surface area contributed by atoms with Crippen LogP contribution in [0.2, 0.25) is 0 Å². The van der Waals surface area contributed by atoms with Crippen LogP contribution in [0.4, 0.5) is 4.79 Å². The monoisotopic (exact) mass is 272 g/mol. The molecular formula is C14H28N2O3. The summed E-state index contributed by atoms with van der Waals surface area (Å²) in [5.74, 6) is 0.222. The van der Waals surface area contributed by atoms with Crippen LogP contribution in [0.1, 0.15) is 52.9 Å². The van der Waals surface area contributed by atoms with Crippen molar-refractivity contribution >= 4 is 12.0 Å². The fourth-order valence-corrected chi connectivity index (χ4v) is 1.72. The molecule has 0 aromatic rings. The lowest BCUT2D eigenvalue weighted by molar-refractivity contribution is -0.137. The lowest BCUT2D eigenvalue weighted by atomic mass is 10.0. The molecule has 0 spiro atoms. The smallest absolute Gasteiger partial charge is 0.314 e. The topological polar surface area (TPSA) is 78.4 Å². The van der Waals surface area contributed by atoms with E-state index in [0.29, 0.717) is 31.3 Å². The SMILES string of the molecule is CC(C)CCCNC(=O)NCCC(C)CCC(=O)O. The summed E-state index contributed by atoms with van der Waals surface area (Å²) >= 11 is 0. The highest BCUT2D eigenvalue weighted by molar-refractivity contribution is 5.73. The summed E-state index contributed by atoms with van der Waals surface area (Å²) in [4.78, 5) is 21.8. The maximum atomic E-state index is 11.4. The van der Waals surface area contributed by atoms with Crippen molar-refractivity contribution in [3.8, 4) is 0 Å². The zero-order chi connectivity index (χ0) is 14.7. The molecule has 0 radical (unpaired) electrons. The molecule has 0 saturated heterocycles. The molecule has 0 aliphatic rings. The number of hydrogen-bond donors (Lipinski definition) is 3. The van der Waals surface area contributed by atoms with Crippen LogP contribution in [-0.2, 0) is 4.79 Å². The van der Waals surface area contributed by atoms with Gasteiger partial charge in [0.15, 0.2) is 0 Å². The van der Waals surface area contributed by atoms with Crippen molar-refractivity contribution in [1.29, 1.82) is 0 Å². The summed E-state index contributed by atoms with van der Waals surface area (Å²) in [5, 5.41) is 14.2. The Bertz CT molecular complexity index is 267. The first kappa shape index (κ1) is 17.7. The minimum absolute atomic E-state index is 0.130. The lowest BCUT2D eigenvalue weighted by Gasteiger charge is -2.11. The van der Waals surface area contributed by atoms with E-state index in [1.165, 1.54) is 0 Å². The highest BCUT2D eigenvalue weighted by atomic mass is 16.4. The van der Waals surface area contributed by atoms with E-state index in [2.05, 4.69) is 24.5 Å². The largest absolute Gasteiger partial charge is 0.481 e. The number of urea groups is 1. The summed E-state index contributed by atoms with van der Waals surface area (Å²) in [6.07, 6.45) is 3.79. The standard InChI is InChI=1S/C14H28N2O3/c1-11(2)5-4-9-15-14(19)16-10-8-12(3)6-7-13(17)18/h11-12H,4-10H2,1-3H3,(H,17,18)(H2,15,16,19). The first-order valence-electron chi connectivity index (χ1n) is 7.15. The van der Waals surface area contributed by atoms with E-state index in [0.717, 1.165) is 19.3 Å². The van der Waals surface area contributed by atoms with Gasteiger partial charge in [-0.15, -0.1) is 0 Å². The van der Waals surface area contributed by atoms with E-state index < -0.39 is 5.97 Å². The number of nitrogens with one attached hydrogen (secondary N) is 2. The Hall–Kier alpha value is -1.26. The van der Waals surface area contributed by atoms with Crippen LogP contribution < -0.4 is 10.6 Å². The number of carbonyl (C=O) groups is 2. The van der Waals surface area contributed by atoms with Crippen LogP contribution in [0.3, 0.4) is 0 Å². The van der Waals surface area contributed by atoms with Gasteiger partial charge in [0, 0.05) is 19.5 Å². The van der Waals surface area contributed by atoms with Crippen molar-refractivity contribution in [3.63, 3.8) is 0 Å². The van der Waals surface area contributed by atoms with E-state index in [-0.39, 0.29) is 12.5 Å². The van der Waals surface area contributed by atoms with Crippen LogP contribution in [0, 0.1) is 11.8 Å². The van der Waals surface area contributed by atoms with Gasteiger partial charge < -0.3 is 15.7 Å². The Morgan fingerprint density at radius 1 is 1.00 bits per heavy atom. The zero-order valence-corrected chi connectivity index (χ0v) is 12.4. The van der Waals surface area contributed by atoms with Crippen LogP contribution in [0.5, 0.6) is 0 Å². The Labute approximate surface area is 116 Å². The number of carbonyl (C=O) groups excluding carboxylic acids is 1. The number of rotatable bonds is 10. The molecule has 2 amide bonds. The normalized spacial score (nSPS) is 12.2. The number of carboxylic acid groups (broad SMARTS) is 1. The van der Waals surface area contributed by atoms with Gasteiger partial charge in [-0.25, -0.2) is 4.79 Å². The predicted octanol–water partition coefficient (Wildman–Crippen LogP) is 2.61. The number of amides is 2. The van der Waals surface area contributed by atoms with Crippen molar-refractivity contribution < 1.29 is 14.7 Å². The summed E-state index contributed by atoms with van der Waals surface area (Å²) in [6, 6.07) is -0.130. The molecule has 19 heavy (non-hydrogen) atoms. The van der Waals surface area contributed by atoms with Crippen molar-refractivity contribution in [1.82, 2.24) is 10.6 Å². The maximum Gasteiger partial charge on any atom is 0.314 e. The van der Waals surface area contributed by atoms with Gasteiger partial charge in [0.25, 0.3) is 0 Å². The number of carboxylic acids is 1. The molecule has 1 unspecified atom stereocenters. The fraction of sp³-hybridized carbons (Fsp3) is 0.857. The van der Waals surface area contributed by atoms with E-state index in [1.54, 1.807) is 0 Å². The second-order valence-electron chi connectivity index (χ2n) is 5.55. The molecule has 0 bridgehead atoms. The molecular weight excluding hydrogens is 244 g/mol. The second-order valence-corrected chi connectivity index (χ2v) is 5.55. The molecule has 0 aromatic heterocycles. The Morgan fingerprint density at radius 3 is 2.21 bits per heavy atom. The second kappa shape index (κ2) is 10.6. The zero-order valence-electron chi connectivity index (χ0n) is 12.4. The molecule has 0 aliphatic heterocycles. The first-order valence-corrected chi connectivity index (χ1v) is 7.15. The van der Waals surface area contributed by atoms with Gasteiger partial charge in [-0.05, 0) is 37.5 Å². The summed E-state index contributed by atoms with van der Waals surface area (Å²) in [7, 11) is 0. The van der Waals surface area contributed by atoms with Gasteiger partial charge in [0.2, 0.25) is 0 Å². The lowest BCUT2D eigenvalue weighted by Crippen LogP contribution is -2.37. The van der Waals surface area contributed by atoms with E-state index in [4.69, 9.17) is 5.11 Å². The third-order valence-electron chi connectivity index (χ3n) is 3.02. The summed E-state index contributed by atoms with van der Waals surface area (Å²) in [6.45, 7) is 7.64.